The molecular formula is C26H27NO2S. The molecule has 3 aromatic rings. The van der Waals surface area contributed by atoms with E-state index < -0.39 is 0 Å². The van der Waals surface area contributed by atoms with Crippen LogP contribution in [-0.4, -0.2) is 29.7 Å². The smallest absolute Gasteiger partial charge is 0.233 e. The van der Waals surface area contributed by atoms with Crippen LogP contribution in [0.4, 0.5) is 0 Å². The maximum atomic E-state index is 13.2. The first-order valence-electron chi connectivity index (χ1n) is 10.4. The van der Waals surface area contributed by atoms with Gasteiger partial charge in [0.2, 0.25) is 5.91 Å². The van der Waals surface area contributed by atoms with E-state index in [1.54, 1.807) is 18.9 Å². The molecule has 1 aliphatic rings. The molecule has 0 radical (unpaired) electrons. The number of nitrogens with zero attached hydrogens (tertiary/aromatic N) is 1. The highest BCUT2D eigenvalue weighted by Gasteiger charge is 2.32. The summed E-state index contributed by atoms with van der Waals surface area (Å²) in [6, 6.07) is 29.3. The van der Waals surface area contributed by atoms with Gasteiger partial charge in [-0.3, -0.25) is 4.79 Å². The third kappa shape index (κ3) is 5.25. The standard InChI is InChI=1S/C26H27NO2S/c1-29-24-16-12-20(13-17-24)18-27(23-14-15-23)25(28)19-30-26(21-8-4-2-5-9-21)22-10-6-3-7-11-22/h2-13,16-17,23,26H,14-15,18-19H2,1H3. The van der Waals surface area contributed by atoms with E-state index in [0.717, 1.165) is 24.2 Å². The monoisotopic (exact) mass is 417 g/mol. The summed E-state index contributed by atoms with van der Waals surface area (Å²) >= 11 is 1.71. The molecule has 1 amide bonds. The first-order valence-corrected chi connectivity index (χ1v) is 11.4. The number of methoxy groups -OCH3 is 1. The van der Waals surface area contributed by atoms with Crippen LogP contribution in [0.2, 0.25) is 0 Å². The van der Waals surface area contributed by atoms with E-state index in [1.807, 2.05) is 36.4 Å². The molecule has 3 nitrogen and oxygen atoms in total. The topological polar surface area (TPSA) is 29.5 Å². The lowest BCUT2D eigenvalue weighted by Gasteiger charge is -2.24. The normalized spacial score (nSPS) is 13.3. The molecule has 1 fully saturated rings. The Morgan fingerprint density at radius 1 is 0.933 bits per heavy atom. The highest BCUT2D eigenvalue weighted by Crippen LogP contribution is 2.37. The van der Waals surface area contributed by atoms with Crippen molar-refractivity contribution in [3.63, 3.8) is 0 Å². The number of amides is 1. The van der Waals surface area contributed by atoms with Gasteiger partial charge in [-0.15, -0.1) is 11.8 Å². The molecule has 154 valence electrons. The summed E-state index contributed by atoms with van der Waals surface area (Å²) in [6.45, 7) is 0.662. The van der Waals surface area contributed by atoms with E-state index in [1.165, 1.54) is 11.1 Å². The molecule has 0 unspecified atom stereocenters. The van der Waals surface area contributed by atoms with Gasteiger partial charge in [0, 0.05) is 12.6 Å². The van der Waals surface area contributed by atoms with Crippen molar-refractivity contribution in [2.24, 2.45) is 0 Å². The molecule has 0 aromatic heterocycles. The van der Waals surface area contributed by atoms with Crippen LogP contribution in [-0.2, 0) is 11.3 Å². The van der Waals surface area contributed by atoms with Crippen LogP contribution < -0.4 is 4.74 Å². The van der Waals surface area contributed by atoms with E-state index in [-0.39, 0.29) is 11.2 Å². The Kier molecular flexibility index (Phi) is 6.75. The fraction of sp³-hybridized carbons (Fsp3) is 0.269. The van der Waals surface area contributed by atoms with Gasteiger partial charge in [-0.25, -0.2) is 0 Å². The molecule has 1 aliphatic carbocycles. The third-order valence-corrected chi connectivity index (χ3v) is 6.69. The molecule has 0 atom stereocenters. The predicted octanol–water partition coefficient (Wildman–Crippen LogP) is 5.71. The summed E-state index contributed by atoms with van der Waals surface area (Å²) in [6.07, 6.45) is 2.21. The Bertz CT molecular complexity index is 900. The van der Waals surface area contributed by atoms with Crippen molar-refractivity contribution >= 4 is 17.7 Å². The van der Waals surface area contributed by atoms with Crippen molar-refractivity contribution in [1.29, 1.82) is 0 Å². The molecule has 1 saturated carbocycles. The molecule has 0 bridgehead atoms. The molecule has 0 saturated heterocycles. The number of benzene rings is 3. The quantitative estimate of drug-likeness (QED) is 0.447. The van der Waals surface area contributed by atoms with Crippen molar-refractivity contribution in [2.75, 3.05) is 12.9 Å². The van der Waals surface area contributed by atoms with Gasteiger partial charge in [-0.05, 0) is 41.7 Å². The summed E-state index contributed by atoms with van der Waals surface area (Å²) in [5, 5.41) is 0.151. The second kappa shape index (κ2) is 9.86. The lowest BCUT2D eigenvalue weighted by Crippen LogP contribution is -2.34. The van der Waals surface area contributed by atoms with Crippen LogP contribution in [0.5, 0.6) is 5.75 Å². The number of thioether (sulfide) groups is 1. The number of carbonyl (C=O) groups excluding carboxylic acids is 1. The van der Waals surface area contributed by atoms with Crippen molar-refractivity contribution in [3.05, 3.63) is 102 Å². The van der Waals surface area contributed by atoms with Crippen LogP contribution in [0.15, 0.2) is 84.9 Å². The van der Waals surface area contributed by atoms with Crippen LogP contribution in [0.25, 0.3) is 0 Å². The van der Waals surface area contributed by atoms with Crippen molar-refractivity contribution in [1.82, 2.24) is 4.90 Å². The lowest BCUT2D eigenvalue weighted by atomic mass is 10.0. The minimum absolute atomic E-state index is 0.151. The van der Waals surface area contributed by atoms with Gasteiger partial charge in [-0.2, -0.15) is 0 Å². The zero-order valence-electron chi connectivity index (χ0n) is 17.2. The first-order chi connectivity index (χ1) is 14.7. The van der Waals surface area contributed by atoms with E-state index in [2.05, 4.69) is 53.4 Å². The number of rotatable bonds is 9. The van der Waals surface area contributed by atoms with Gasteiger partial charge in [0.15, 0.2) is 0 Å². The molecule has 4 rings (SSSR count). The molecule has 3 aromatic carbocycles. The van der Waals surface area contributed by atoms with Crippen LogP contribution in [0.3, 0.4) is 0 Å². The van der Waals surface area contributed by atoms with Crippen LogP contribution in [0, 0.1) is 0 Å². The van der Waals surface area contributed by atoms with Gasteiger partial charge in [0.25, 0.3) is 0 Å². The SMILES string of the molecule is COc1ccc(CN(C(=O)CSC(c2ccccc2)c2ccccc2)C2CC2)cc1. The van der Waals surface area contributed by atoms with E-state index in [4.69, 9.17) is 4.74 Å². The molecule has 0 aliphatic heterocycles. The highest BCUT2D eigenvalue weighted by molar-refractivity contribution is 8.00. The minimum Gasteiger partial charge on any atom is -0.497 e. The Morgan fingerprint density at radius 3 is 2.00 bits per heavy atom. The van der Waals surface area contributed by atoms with Crippen molar-refractivity contribution < 1.29 is 9.53 Å². The second-order valence-corrected chi connectivity index (χ2v) is 8.71. The maximum Gasteiger partial charge on any atom is 0.233 e. The van der Waals surface area contributed by atoms with Gasteiger partial charge in [-0.1, -0.05) is 72.8 Å². The summed E-state index contributed by atoms with van der Waals surface area (Å²) in [4.78, 5) is 15.3. The first kappa shape index (κ1) is 20.5. The Hall–Kier alpha value is -2.72. The fourth-order valence-corrected chi connectivity index (χ4v) is 4.79. The Balaban J connectivity index is 1.46. The number of hydrogen-bond acceptors (Lipinski definition) is 3. The van der Waals surface area contributed by atoms with E-state index >= 15 is 0 Å². The van der Waals surface area contributed by atoms with Gasteiger partial charge >= 0.3 is 0 Å². The molecule has 30 heavy (non-hydrogen) atoms. The highest BCUT2D eigenvalue weighted by atomic mass is 32.2. The van der Waals surface area contributed by atoms with Crippen molar-refractivity contribution in [2.45, 2.75) is 30.7 Å². The average molecular weight is 418 g/mol. The zero-order valence-corrected chi connectivity index (χ0v) is 18.1. The predicted molar refractivity (Wildman–Crippen MR) is 124 cm³/mol. The van der Waals surface area contributed by atoms with E-state index in [9.17, 15) is 4.79 Å². The molecule has 0 N–H and O–H groups in total. The minimum atomic E-state index is 0.151. The summed E-state index contributed by atoms with van der Waals surface area (Å²) in [5.41, 5.74) is 3.60. The van der Waals surface area contributed by atoms with Gasteiger partial charge in [0.1, 0.15) is 5.75 Å². The van der Waals surface area contributed by atoms with Gasteiger partial charge < -0.3 is 9.64 Å². The Morgan fingerprint density at radius 2 is 1.50 bits per heavy atom. The average Bonchev–Trinajstić information content (AvgIpc) is 3.64. The Labute approximate surface area is 183 Å². The van der Waals surface area contributed by atoms with E-state index in [0.29, 0.717) is 18.3 Å². The molecule has 4 heteroatoms. The molecule has 0 heterocycles. The third-order valence-electron chi connectivity index (χ3n) is 5.40. The number of ether oxygens (including phenoxy) is 1. The second-order valence-electron chi connectivity index (χ2n) is 7.61. The summed E-state index contributed by atoms with van der Waals surface area (Å²) < 4.78 is 5.25. The number of carbonyl (C=O) groups is 1. The lowest BCUT2D eigenvalue weighted by molar-refractivity contribution is -0.129. The fourth-order valence-electron chi connectivity index (χ4n) is 3.61. The van der Waals surface area contributed by atoms with Crippen LogP contribution in [0.1, 0.15) is 34.8 Å². The van der Waals surface area contributed by atoms with Crippen molar-refractivity contribution in [3.8, 4) is 5.75 Å². The maximum absolute atomic E-state index is 13.2. The number of hydrogen-bond donors (Lipinski definition) is 0. The molecular weight excluding hydrogens is 390 g/mol. The zero-order chi connectivity index (χ0) is 20.8. The summed E-state index contributed by atoms with van der Waals surface area (Å²) in [5.74, 6) is 1.53. The summed E-state index contributed by atoms with van der Waals surface area (Å²) in [7, 11) is 1.67. The largest absolute Gasteiger partial charge is 0.497 e. The van der Waals surface area contributed by atoms with Crippen LogP contribution >= 0.6 is 11.8 Å². The molecule has 0 spiro atoms. The van der Waals surface area contributed by atoms with Gasteiger partial charge in [0.05, 0.1) is 18.1 Å².